The van der Waals surface area contributed by atoms with Gasteiger partial charge in [0.2, 0.25) is 0 Å². The molecule has 8 nitrogen and oxygen atoms in total. The van der Waals surface area contributed by atoms with Gasteiger partial charge in [-0.1, -0.05) is 18.2 Å². The second-order valence-electron chi connectivity index (χ2n) is 7.78. The fraction of sp³-hybridized carbons (Fsp3) is 0.200. The van der Waals surface area contributed by atoms with Gasteiger partial charge < -0.3 is 29.2 Å². The highest BCUT2D eigenvalue weighted by atomic mass is 16.6. The number of carbonyl (C=O) groups excluding carboxylic acids is 2. The van der Waals surface area contributed by atoms with Gasteiger partial charge in [0, 0.05) is 35.7 Å². The first-order valence-electron chi connectivity index (χ1n) is 10.3. The molecule has 2 heterocycles. The second-order valence-corrected chi connectivity index (χ2v) is 7.78. The van der Waals surface area contributed by atoms with Crippen LogP contribution in [-0.2, 0) is 15.1 Å². The molecule has 2 N–H and O–H groups in total. The van der Waals surface area contributed by atoms with Crippen LogP contribution in [0.5, 0.6) is 23.0 Å². The number of esters is 2. The molecular formula is C25H20O8. The number of aliphatic hydroxyl groups is 2. The predicted molar refractivity (Wildman–Crippen MR) is 115 cm³/mol. The normalized spacial score (nSPS) is 18.5. The minimum absolute atomic E-state index is 0.106. The molecule has 0 bridgehead atoms. The molecule has 2 aliphatic rings. The molecule has 1 spiro atoms. The van der Waals surface area contributed by atoms with Crippen molar-refractivity contribution < 1.29 is 38.7 Å². The molecule has 3 aromatic rings. The Morgan fingerprint density at radius 3 is 2.36 bits per heavy atom. The molecule has 33 heavy (non-hydrogen) atoms. The van der Waals surface area contributed by atoms with Crippen LogP contribution in [-0.4, -0.2) is 41.5 Å². The van der Waals surface area contributed by atoms with Gasteiger partial charge in [-0.05, 0) is 30.3 Å². The van der Waals surface area contributed by atoms with Crippen LogP contribution in [0.4, 0.5) is 0 Å². The maximum atomic E-state index is 12.8. The summed E-state index contributed by atoms with van der Waals surface area (Å²) in [5.41, 5.74) is 1.06. The molecule has 8 heteroatoms. The van der Waals surface area contributed by atoms with E-state index in [1.165, 1.54) is 6.92 Å². The van der Waals surface area contributed by atoms with E-state index in [-0.39, 0.29) is 12.4 Å². The van der Waals surface area contributed by atoms with Crippen molar-refractivity contribution in [2.75, 3.05) is 13.2 Å². The monoisotopic (exact) mass is 448 g/mol. The van der Waals surface area contributed by atoms with Crippen LogP contribution in [0.25, 0.3) is 0 Å². The first kappa shape index (κ1) is 21.0. The Bertz CT molecular complexity index is 1270. The molecule has 2 atom stereocenters. The van der Waals surface area contributed by atoms with E-state index in [2.05, 4.69) is 0 Å². The van der Waals surface area contributed by atoms with Gasteiger partial charge in [0.15, 0.2) is 5.60 Å². The number of hydrogen-bond donors (Lipinski definition) is 2. The molecule has 5 rings (SSSR count). The van der Waals surface area contributed by atoms with Gasteiger partial charge in [-0.2, -0.15) is 0 Å². The quantitative estimate of drug-likeness (QED) is 0.453. The van der Waals surface area contributed by atoms with Gasteiger partial charge in [0.1, 0.15) is 35.7 Å². The van der Waals surface area contributed by atoms with Crippen molar-refractivity contribution in [3.8, 4) is 23.0 Å². The van der Waals surface area contributed by atoms with Crippen LogP contribution in [0.15, 0.2) is 60.7 Å². The van der Waals surface area contributed by atoms with Crippen molar-refractivity contribution in [3.05, 3.63) is 82.9 Å². The fourth-order valence-corrected chi connectivity index (χ4v) is 4.20. The molecule has 0 radical (unpaired) electrons. The highest BCUT2D eigenvalue weighted by molar-refractivity contribution is 5.97. The van der Waals surface area contributed by atoms with Crippen molar-refractivity contribution in [3.63, 3.8) is 0 Å². The minimum Gasteiger partial charge on any atom is -0.491 e. The maximum absolute atomic E-state index is 12.8. The first-order valence-corrected chi connectivity index (χ1v) is 10.3. The van der Waals surface area contributed by atoms with Crippen molar-refractivity contribution in [1.29, 1.82) is 0 Å². The molecule has 0 saturated heterocycles. The molecule has 0 saturated carbocycles. The van der Waals surface area contributed by atoms with E-state index >= 15 is 0 Å². The van der Waals surface area contributed by atoms with E-state index < -0.39 is 30.3 Å². The Labute approximate surface area is 188 Å². The zero-order valence-electron chi connectivity index (χ0n) is 17.6. The standard InChI is InChI=1S/C25H20O8/c1-14(27)31-17-7-9-21-23(11-17)32-22-10-16(30-13-15(28)12-26)6-8-20(22)25(21)19-5-3-2-4-18(19)24(29)33-25/h2-11,15,26,28H,12-13H2,1H3. The van der Waals surface area contributed by atoms with E-state index in [1.54, 1.807) is 48.5 Å². The van der Waals surface area contributed by atoms with E-state index in [0.717, 1.165) is 0 Å². The predicted octanol–water partition coefficient (Wildman–Crippen LogP) is 2.91. The van der Waals surface area contributed by atoms with E-state index in [0.29, 0.717) is 39.5 Å². The topological polar surface area (TPSA) is 112 Å². The van der Waals surface area contributed by atoms with Gasteiger partial charge >= 0.3 is 11.9 Å². The van der Waals surface area contributed by atoms with Crippen LogP contribution < -0.4 is 14.2 Å². The van der Waals surface area contributed by atoms with Crippen molar-refractivity contribution in [1.82, 2.24) is 0 Å². The van der Waals surface area contributed by atoms with Crippen LogP contribution in [0, 0.1) is 0 Å². The average Bonchev–Trinajstić information content (AvgIpc) is 3.10. The Balaban J connectivity index is 1.67. The summed E-state index contributed by atoms with van der Waals surface area (Å²) in [5.74, 6) is 0.488. The summed E-state index contributed by atoms with van der Waals surface area (Å²) in [6.45, 7) is 0.769. The average molecular weight is 448 g/mol. The summed E-state index contributed by atoms with van der Waals surface area (Å²) in [4.78, 5) is 24.3. The lowest BCUT2D eigenvalue weighted by molar-refractivity contribution is -0.131. The van der Waals surface area contributed by atoms with Crippen molar-refractivity contribution in [2.45, 2.75) is 18.6 Å². The molecule has 2 aliphatic heterocycles. The highest BCUT2D eigenvalue weighted by Gasteiger charge is 2.53. The minimum atomic E-state index is -1.26. The van der Waals surface area contributed by atoms with Crippen LogP contribution >= 0.6 is 0 Å². The summed E-state index contributed by atoms with van der Waals surface area (Å²) in [7, 11) is 0. The van der Waals surface area contributed by atoms with Gasteiger partial charge in [-0.25, -0.2) is 4.79 Å². The smallest absolute Gasteiger partial charge is 0.340 e. The van der Waals surface area contributed by atoms with Gasteiger partial charge in [-0.15, -0.1) is 0 Å². The lowest BCUT2D eigenvalue weighted by Gasteiger charge is -2.36. The lowest BCUT2D eigenvalue weighted by Crippen LogP contribution is -2.33. The number of benzene rings is 3. The summed E-state index contributed by atoms with van der Waals surface area (Å²) >= 11 is 0. The number of hydrogen-bond acceptors (Lipinski definition) is 8. The largest absolute Gasteiger partial charge is 0.491 e. The molecule has 3 aromatic carbocycles. The lowest BCUT2D eigenvalue weighted by atomic mass is 9.77. The summed E-state index contributed by atoms with van der Waals surface area (Å²) in [6.07, 6.45) is -1.03. The SMILES string of the molecule is CC(=O)Oc1ccc2c(c1)Oc1cc(OCC(O)CO)ccc1C21OC(=O)c2ccccc21. The summed E-state index contributed by atoms with van der Waals surface area (Å²) in [5, 5.41) is 18.6. The second kappa shape index (κ2) is 7.91. The van der Waals surface area contributed by atoms with Gasteiger partial charge in [-0.3, -0.25) is 4.79 Å². The zero-order valence-corrected chi connectivity index (χ0v) is 17.6. The van der Waals surface area contributed by atoms with E-state index in [4.69, 9.17) is 24.1 Å². The summed E-state index contributed by atoms with van der Waals surface area (Å²) < 4.78 is 23.0. The molecule has 0 amide bonds. The number of carbonyl (C=O) groups is 2. The van der Waals surface area contributed by atoms with Gasteiger partial charge in [0.05, 0.1) is 12.2 Å². The third-order valence-corrected chi connectivity index (χ3v) is 5.57. The molecular weight excluding hydrogens is 428 g/mol. The molecule has 0 aliphatic carbocycles. The first-order chi connectivity index (χ1) is 15.9. The maximum Gasteiger partial charge on any atom is 0.340 e. The Morgan fingerprint density at radius 1 is 1.00 bits per heavy atom. The highest BCUT2D eigenvalue weighted by Crippen LogP contribution is 2.57. The number of aliphatic hydroxyl groups excluding tert-OH is 2. The number of rotatable bonds is 5. The fourth-order valence-electron chi connectivity index (χ4n) is 4.20. The summed E-state index contributed by atoms with van der Waals surface area (Å²) in [6, 6.07) is 17.1. The number of ether oxygens (including phenoxy) is 4. The third kappa shape index (κ3) is 3.40. The molecule has 2 unspecified atom stereocenters. The van der Waals surface area contributed by atoms with Crippen LogP contribution in [0.3, 0.4) is 0 Å². The number of fused-ring (bicyclic) bond motifs is 6. The zero-order chi connectivity index (χ0) is 23.2. The molecule has 168 valence electrons. The third-order valence-electron chi connectivity index (χ3n) is 5.57. The molecule has 0 fully saturated rings. The Kier molecular flexibility index (Phi) is 5.03. The van der Waals surface area contributed by atoms with E-state index in [1.807, 2.05) is 12.1 Å². The Hall–Kier alpha value is -3.88. The van der Waals surface area contributed by atoms with Crippen molar-refractivity contribution in [2.24, 2.45) is 0 Å². The Morgan fingerprint density at radius 2 is 1.67 bits per heavy atom. The van der Waals surface area contributed by atoms with E-state index in [9.17, 15) is 14.7 Å². The van der Waals surface area contributed by atoms with Gasteiger partial charge in [0.25, 0.3) is 0 Å². The molecule has 0 aromatic heterocycles. The van der Waals surface area contributed by atoms with Crippen LogP contribution in [0.1, 0.15) is 34.0 Å². The van der Waals surface area contributed by atoms with Crippen molar-refractivity contribution >= 4 is 11.9 Å². The van der Waals surface area contributed by atoms with Crippen LogP contribution in [0.2, 0.25) is 0 Å².